The molecule has 1 fully saturated rings. The van der Waals surface area contributed by atoms with E-state index < -0.39 is 54.0 Å². The number of carboxylic acids is 1. The number of nitrogens with zero attached hydrogens (tertiary/aromatic N) is 1. The van der Waals surface area contributed by atoms with Gasteiger partial charge in [0.2, 0.25) is 17.7 Å². The zero-order chi connectivity index (χ0) is 25.1. The topological polar surface area (TPSA) is 195 Å². The Hall–Kier alpha value is -3.18. The van der Waals surface area contributed by atoms with Gasteiger partial charge in [0.05, 0.1) is 12.5 Å². The molecule has 12 heteroatoms. The van der Waals surface area contributed by atoms with Gasteiger partial charge in [0.15, 0.2) is 11.7 Å². The van der Waals surface area contributed by atoms with Crippen molar-refractivity contribution in [2.45, 2.75) is 71.0 Å². The number of nitrogens with one attached hydrogen (secondary N) is 4. The van der Waals surface area contributed by atoms with E-state index >= 15 is 0 Å². The van der Waals surface area contributed by atoms with Gasteiger partial charge in [-0.15, -0.1) is 0 Å². The molecular weight excluding hydrogens is 432 g/mol. The standard InChI is InChI=1S/C21H35N6O6/c1-12(2)10-17(29)15(11-18(30)31)26-19(32)16-7-5-9-27(16)20(33)14(25-13(3)28)6-4-8-24-21(22)23/h10,12,14-16H,4-9,11H2,1-3H3,(H,25,28)(H,26,32)(H,30,31)(H4,22,23,24)/t14-,15-,16-/m0/s1. The van der Waals surface area contributed by atoms with E-state index in [0.29, 0.717) is 32.4 Å². The van der Waals surface area contributed by atoms with Gasteiger partial charge in [-0.3, -0.25) is 29.4 Å². The first kappa shape index (κ1) is 27.9. The number of likely N-dealkylation sites (tertiary alicyclic amines) is 1. The Kier molecular flexibility index (Phi) is 11.3. The highest BCUT2D eigenvalue weighted by atomic mass is 16.4. The fraction of sp³-hybridized carbons (Fsp3) is 0.667. The fourth-order valence-corrected chi connectivity index (χ4v) is 3.65. The van der Waals surface area contributed by atoms with Crippen LogP contribution in [0.1, 0.15) is 52.9 Å². The van der Waals surface area contributed by atoms with Crippen LogP contribution in [0.25, 0.3) is 0 Å². The van der Waals surface area contributed by atoms with Crippen molar-refractivity contribution < 1.29 is 29.1 Å². The second-order valence-electron chi connectivity index (χ2n) is 8.40. The summed E-state index contributed by atoms with van der Waals surface area (Å²) in [6, 6.07) is -2.96. The molecule has 0 aromatic carbocycles. The van der Waals surface area contributed by atoms with Gasteiger partial charge in [-0.1, -0.05) is 13.8 Å². The van der Waals surface area contributed by atoms with Crippen LogP contribution in [0.3, 0.4) is 0 Å². The molecule has 1 rings (SSSR count). The van der Waals surface area contributed by atoms with Gasteiger partial charge in [0.25, 0.3) is 0 Å². The first-order valence-corrected chi connectivity index (χ1v) is 11.0. The monoisotopic (exact) mass is 467 g/mol. The highest BCUT2D eigenvalue weighted by Crippen LogP contribution is 2.20. The number of aliphatic carboxylic acids is 1. The molecule has 1 aliphatic heterocycles. The lowest BCUT2D eigenvalue weighted by molar-refractivity contribution is -0.143. The van der Waals surface area contributed by atoms with Gasteiger partial charge in [0, 0.05) is 26.4 Å². The van der Waals surface area contributed by atoms with E-state index in [1.807, 2.05) is 0 Å². The van der Waals surface area contributed by atoms with Crippen molar-refractivity contribution in [2.24, 2.45) is 11.7 Å². The fourth-order valence-electron chi connectivity index (χ4n) is 3.65. The van der Waals surface area contributed by atoms with Crippen LogP contribution < -0.4 is 21.7 Å². The zero-order valence-corrected chi connectivity index (χ0v) is 19.3. The van der Waals surface area contributed by atoms with Gasteiger partial charge in [0.1, 0.15) is 12.1 Å². The number of hydrogen-bond acceptors (Lipinski definition) is 6. The van der Waals surface area contributed by atoms with Crippen LogP contribution in [-0.4, -0.2) is 76.7 Å². The lowest BCUT2D eigenvalue weighted by Crippen LogP contribution is -2.55. The number of carboxylic acid groups (broad SMARTS) is 1. The Morgan fingerprint density at radius 2 is 1.85 bits per heavy atom. The van der Waals surface area contributed by atoms with Gasteiger partial charge < -0.3 is 31.7 Å². The molecule has 7 N–H and O–H groups in total. The van der Waals surface area contributed by atoms with Gasteiger partial charge in [-0.25, -0.2) is 0 Å². The maximum atomic E-state index is 13.1. The number of carbonyl (C=O) groups excluding carboxylic acids is 4. The molecule has 0 aromatic rings. The van der Waals surface area contributed by atoms with E-state index in [2.05, 4.69) is 16.0 Å². The van der Waals surface area contributed by atoms with Crippen LogP contribution in [0.2, 0.25) is 0 Å². The number of nitrogens with two attached hydrogens (primary N) is 1. The smallest absolute Gasteiger partial charge is 0.305 e. The normalized spacial score (nSPS) is 17.2. The molecule has 0 spiro atoms. The third-order valence-corrected chi connectivity index (χ3v) is 5.04. The highest BCUT2D eigenvalue weighted by Gasteiger charge is 2.38. The molecule has 0 aliphatic carbocycles. The molecule has 0 aromatic heterocycles. The largest absolute Gasteiger partial charge is 0.481 e. The summed E-state index contributed by atoms with van der Waals surface area (Å²) in [5.41, 5.74) is 5.24. The molecule has 1 radical (unpaired) electrons. The maximum Gasteiger partial charge on any atom is 0.305 e. The average molecular weight is 468 g/mol. The molecule has 1 heterocycles. The molecule has 185 valence electrons. The predicted molar refractivity (Wildman–Crippen MR) is 120 cm³/mol. The lowest BCUT2D eigenvalue weighted by Gasteiger charge is -2.29. The number of ketones is 1. The van der Waals surface area contributed by atoms with Crippen LogP contribution in [0.15, 0.2) is 0 Å². The number of rotatable bonds is 13. The second-order valence-corrected chi connectivity index (χ2v) is 8.40. The van der Waals surface area contributed by atoms with E-state index in [4.69, 9.17) is 16.2 Å². The third kappa shape index (κ3) is 9.87. The Morgan fingerprint density at radius 3 is 2.39 bits per heavy atom. The van der Waals surface area contributed by atoms with Crippen molar-refractivity contribution in [3.8, 4) is 0 Å². The van der Waals surface area contributed by atoms with Crippen LogP contribution in [0.5, 0.6) is 0 Å². The van der Waals surface area contributed by atoms with Crippen LogP contribution in [-0.2, 0) is 24.0 Å². The number of Topliss-reactive ketones (excluding diaryl/α,β-unsaturated/α-hetero) is 1. The van der Waals surface area contributed by atoms with Crippen LogP contribution in [0, 0.1) is 17.7 Å². The van der Waals surface area contributed by atoms with Gasteiger partial charge in [-0.2, -0.15) is 0 Å². The second kappa shape index (κ2) is 13.4. The molecule has 3 atom stereocenters. The molecule has 3 amide bonds. The van der Waals surface area contributed by atoms with Crippen LogP contribution in [0.4, 0.5) is 0 Å². The van der Waals surface area contributed by atoms with Crippen molar-refractivity contribution in [3.63, 3.8) is 0 Å². The highest BCUT2D eigenvalue weighted by molar-refractivity contribution is 5.99. The summed E-state index contributed by atoms with van der Waals surface area (Å²) in [4.78, 5) is 62.6. The van der Waals surface area contributed by atoms with Crippen LogP contribution >= 0.6 is 0 Å². The molecule has 0 unspecified atom stereocenters. The van der Waals surface area contributed by atoms with Crippen molar-refractivity contribution in [1.29, 1.82) is 5.41 Å². The molecule has 12 nitrogen and oxygen atoms in total. The van der Waals surface area contributed by atoms with E-state index in [1.165, 1.54) is 18.2 Å². The summed E-state index contributed by atoms with van der Waals surface area (Å²) in [6.07, 6.45) is 2.42. The summed E-state index contributed by atoms with van der Waals surface area (Å²) in [5.74, 6) is -3.47. The van der Waals surface area contributed by atoms with Crippen molar-refractivity contribution in [2.75, 3.05) is 13.1 Å². The molecule has 1 aliphatic rings. The van der Waals surface area contributed by atoms with Gasteiger partial charge in [-0.05, 0) is 31.6 Å². The Morgan fingerprint density at radius 1 is 1.18 bits per heavy atom. The van der Waals surface area contributed by atoms with Gasteiger partial charge >= 0.3 is 5.97 Å². The predicted octanol–water partition coefficient (Wildman–Crippen LogP) is -0.866. The lowest BCUT2D eigenvalue weighted by atomic mass is 9.99. The molecule has 0 saturated carbocycles. The number of amides is 3. The Labute approximate surface area is 193 Å². The van der Waals surface area contributed by atoms with Crippen molar-refractivity contribution in [1.82, 2.24) is 20.9 Å². The van der Waals surface area contributed by atoms with E-state index in [-0.39, 0.29) is 18.3 Å². The van der Waals surface area contributed by atoms with E-state index in [9.17, 15) is 24.0 Å². The quantitative estimate of drug-likeness (QED) is 0.114. The first-order valence-electron chi connectivity index (χ1n) is 11.0. The van der Waals surface area contributed by atoms with E-state index in [1.54, 1.807) is 13.8 Å². The minimum atomic E-state index is -1.23. The maximum absolute atomic E-state index is 13.1. The zero-order valence-electron chi connectivity index (χ0n) is 19.3. The minimum absolute atomic E-state index is 0.119. The Balaban J connectivity index is 2.89. The van der Waals surface area contributed by atoms with Crippen molar-refractivity contribution in [3.05, 3.63) is 6.42 Å². The number of carbonyl (C=O) groups is 5. The summed E-state index contributed by atoms with van der Waals surface area (Å²) in [7, 11) is 0. The SMILES string of the molecule is CC(=O)N[C@@H](CCCNC(=N)N)C(=O)N1CCC[C@H]1C(=O)N[C@@H](CC(=O)O)C(=O)[CH]C(C)C. The first-order chi connectivity index (χ1) is 15.4. The summed E-state index contributed by atoms with van der Waals surface area (Å²) >= 11 is 0. The molecule has 1 saturated heterocycles. The summed E-state index contributed by atoms with van der Waals surface area (Å²) in [6.45, 7) is 5.46. The Bertz CT molecular complexity index is 756. The molecule has 33 heavy (non-hydrogen) atoms. The molecule has 0 bridgehead atoms. The van der Waals surface area contributed by atoms with Crippen molar-refractivity contribution >= 4 is 35.4 Å². The average Bonchev–Trinajstić information content (AvgIpc) is 3.17. The van der Waals surface area contributed by atoms with E-state index in [0.717, 1.165) is 0 Å². The summed E-state index contributed by atoms with van der Waals surface area (Å²) in [5, 5.41) is 24.0. The number of hydrogen-bond donors (Lipinski definition) is 6. The summed E-state index contributed by atoms with van der Waals surface area (Å²) < 4.78 is 0. The number of guanidine groups is 1. The molecular formula is C21H35N6O6. The minimum Gasteiger partial charge on any atom is -0.481 e. The third-order valence-electron chi connectivity index (χ3n) is 5.04.